The van der Waals surface area contributed by atoms with Crippen molar-refractivity contribution in [2.45, 2.75) is 32.6 Å². The van der Waals surface area contributed by atoms with Crippen molar-refractivity contribution in [2.75, 3.05) is 0 Å². The number of phenols is 1. The highest BCUT2D eigenvalue weighted by Crippen LogP contribution is 2.26. The van der Waals surface area contributed by atoms with E-state index in [9.17, 15) is 5.11 Å². The van der Waals surface area contributed by atoms with Gasteiger partial charge in [0.1, 0.15) is 5.75 Å². The van der Waals surface area contributed by atoms with Crippen LogP contribution in [0.4, 0.5) is 0 Å². The molecule has 1 N–H and O–H groups in total. The molecule has 0 aliphatic heterocycles. The van der Waals surface area contributed by atoms with Gasteiger partial charge in [0.15, 0.2) is 0 Å². The summed E-state index contributed by atoms with van der Waals surface area (Å²) in [4.78, 5) is 0. The van der Waals surface area contributed by atoms with Crippen molar-refractivity contribution in [2.24, 2.45) is 0 Å². The lowest BCUT2D eigenvalue weighted by molar-refractivity contribution is 0.465. The molecule has 0 aromatic heterocycles. The van der Waals surface area contributed by atoms with Crippen LogP contribution in [-0.4, -0.2) is 5.11 Å². The van der Waals surface area contributed by atoms with Gasteiger partial charge in [0.25, 0.3) is 0 Å². The van der Waals surface area contributed by atoms with E-state index in [4.69, 9.17) is 0 Å². The first kappa shape index (κ1) is 12.7. The molecule has 94 valence electrons. The van der Waals surface area contributed by atoms with Gasteiger partial charge >= 0.3 is 0 Å². The standard InChI is InChI=1S/C17H20O/c1-3-14-9-10-17(18)16(12-14)11-13(2)15-7-5-4-6-8-15/h4-10,12-13,18H,3,11H2,1-2H3. The van der Waals surface area contributed by atoms with Crippen LogP contribution < -0.4 is 0 Å². The summed E-state index contributed by atoms with van der Waals surface area (Å²) in [5.41, 5.74) is 3.65. The van der Waals surface area contributed by atoms with Gasteiger partial charge in [0.05, 0.1) is 0 Å². The Morgan fingerprint density at radius 2 is 1.78 bits per heavy atom. The monoisotopic (exact) mass is 240 g/mol. The van der Waals surface area contributed by atoms with Crippen molar-refractivity contribution in [1.82, 2.24) is 0 Å². The minimum atomic E-state index is 0.412. The van der Waals surface area contributed by atoms with Gasteiger partial charge in [-0.25, -0.2) is 0 Å². The van der Waals surface area contributed by atoms with Gasteiger partial charge in [0.2, 0.25) is 0 Å². The SMILES string of the molecule is CCc1ccc(O)c(CC(C)c2ccccc2)c1. The van der Waals surface area contributed by atoms with E-state index in [0.29, 0.717) is 11.7 Å². The number of phenolic OH excluding ortho intramolecular Hbond substituents is 1. The van der Waals surface area contributed by atoms with Crippen LogP contribution in [0.15, 0.2) is 48.5 Å². The van der Waals surface area contributed by atoms with E-state index < -0.39 is 0 Å². The van der Waals surface area contributed by atoms with Crippen molar-refractivity contribution in [3.63, 3.8) is 0 Å². The predicted molar refractivity (Wildman–Crippen MR) is 76.0 cm³/mol. The Bertz CT molecular complexity index is 502. The van der Waals surface area contributed by atoms with Gasteiger partial charge in [0, 0.05) is 0 Å². The van der Waals surface area contributed by atoms with Crippen LogP contribution >= 0.6 is 0 Å². The average Bonchev–Trinajstić information content (AvgIpc) is 2.42. The second-order valence-electron chi connectivity index (χ2n) is 4.83. The molecule has 18 heavy (non-hydrogen) atoms. The average molecular weight is 240 g/mol. The maximum atomic E-state index is 9.93. The van der Waals surface area contributed by atoms with Gasteiger partial charge in [-0.2, -0.15) is 0 Å². The molecule has 0 radical (unpaired) electrons. The van der Waals surface area contributed by atoms with Crippen LogP contribution in [0.2, 0.25) is 0 Å². The zero-order valence-electron chi connectivity index (χ0n) is 11.1. The van der Waals surface area contributed by atoms with E-state index in [-0.39, 0.29) is 0 Å². The smallest absolute Gasteiger partial charge is 0.118 e. The van der Waals surface area contributed by atoms with Gasteiger partial charge in [-0.15, -0.1) is 0 Å². The van der Waals surface area contributed by atoms with Crippen LogP contribution in [0.25, 0.3) is 0 Å². The second-order valence-corrected chi connectivity index (χ2v) is 4.83. The fourth-order valence-electron chi connectivity index (χ4n) is 2.25. The van der Waals surface area contributed by atoms with Crippen LogP contribution in [-0.2, 0) is 12.8 Å². The van der Waals surface area contributed by atoms with Gasteiger partial charge in [-0.3, -0.25) is 0 Å². The van der Waals surface area contributed by atoms with Crippen molar-refractivity contribution in [3.8, 4) is 5.75 Å². The summed E-state index contributed by atoms with van der Waals surface area (Å²) in [5, 5.41) is 9.93. The third kappa shape index (κ3) is 2.92. The molecule has 1 unspecified atom stereocenters. The van der Waals surface area contributed by atoms with Crippen LogP contribution in [0.3, 0.4) is 0 Å². The van der Waals surface area contributed by atoms with Crippen LogP contribution in [0, 0.1) is 0 Å². The third-order valence-corrected chi connectivity index (χ3v) is 3.45. The minimum absolute atomic E-state index is 0.412. The second kappa shape index (κ2) is 5.72. The molecule has 0 bridgehead atoms. The van der Waals surface area contributed by atoms with Crippen molar-refractivity contribution in [3.05, 3.63) is 65.2 Å². The lowest BCUT2D eigenvalue weighted by atomic mass is 9.92. The lowest BCUT2D eigenvalue weighted by Crippen LogP contribution is -1.99. The maximum absolute atomic E-state index is 9.93. The maximum Gasteiger partial charge on any atom is 0.118 e. The first-order valence-electron chi connectivity index (χ1n) is 6.56. The van der Waals surface area contributed by atoms with Gasteiger partial charge in [-0.05, 0) is 41.5 Å². The van der Waals surface area contributed by atoms with Gasteiger partial charge < -0.3 is 5.11 Å². The summed E-state index contributed by atoms with van der Waals surface area (Å²) in [6.07, 6.45) is 1.89. The number of benzene rings is 2. The number of aromatic hydroxyl groups is 1. The van der Waals surface area contributed by atoms with E-state index in [0.717, 1.165) is 18.4 Å². The number of hydrogen-bond donors (Lipinski definition) is 1. The summed E-state index contributed by atoms with van der Waals surface area (Å²) in [7, 11) is 0. The topological polar surface area (TPSA) is 20.2 Å². The van der Waals surface area contributed by atoms with Crippen LogP contribution in [0.1, 0.15) is 36.5 Å². The summed E-state index contributed by atoms with van der Waals surface area (Å²) in [6, 6.07) is 16.4. The Morgan fingerprint density at radius 3 is 2.44 bits per heavy atom. The molecule has 0 fully saturated rings. The summed E-state index contributed by atoms with van der Waals surface area (Å²) < 4.78 is 0. The van der Waals surface area contributed by atoms with E-state index in [1.807, 2.05) is 18.2 Å². The Balaban J connectivity index is 2.18. The molecule has 1 heteroatoms. The number of aryl methyl sites for hydroxylation is 1. The lowest BCUT2D eigenvalue weighted by Gasteiger charge is -2.14. The van der Waals surface area contributed by atoms with Gasteiger partial charge in [-0.1, -0.05) is 56.3 Å². The number of rotatable bonds is 4. The van der Waals surface area contributed by atoms with Crippen molar-refractivity contribution in [1.29, 1.82) is 0 Å². The Morgan fingerprint density at radius 1 is 1.06 bits per heavy atom. The molecule has 2 aromatic rings. The summed E-state index contributed by atoms with van der Waals surface area (Å²) in [6.45, 7) is 4.34. The highest BCUT2D eigenvalue weighted by molar-refractivity contribution is 5.37. The minimum Gasteiger partial charge on any atom is -0.508 e. The fraction of sp³-hybridized carbons (Fsp3) is 0.294. The quantitative estimate of drug-likeness (QED) is 0.844. The van der Waals surface area contributed by atoms with E-state index in [2.05, 4.69) is 44.2 Å². The molecule has 0 saturated heterocycles. The van der Waals surface area contributed by atoms with Crippen molar-refractivity contribution < 1.29 is 5.11 Å². The molecule has 2 rings (SSSR count). The Kier molecular flexibility index (Phi) is 4.03. The van der Waals surface area contributed by atoms with Crippen LogP contribution in [0.5, 0.6) is 5.75 Å². The first-order chi connectivity index (χ1) is 8.70. The normalized spacial score (nSPS) is 12.3. The van der Waals surface area contributed by atoms with E-state index in [1.54, 1.807) is 0 Å². The van der Waals surface area contributed by atoms with Crippen molar-refractivity contribution >= 4 is 0 Å². The molecular formula is C17H20O. The molecule has 1 atom stereocenters. The molecule has 0 spiro atoms. The van der Waals surface area contributed by atoms with E-state index in [1.165, 1.54) is 11.1 Å². The molecule has 0 amide bonds. The molecule has 2 aromatic carbocycles. The third-order valence-electron chi connectivity index (χ3n) is 3.45. The Hall–Kier alpha value is -1.76. The summed E-state index contributed by atoms with van der Waals surface area (Å²) in [5.74, 6) is 0.833. The zero-order chi connectivity index (χ0) is 13.0. The molecular weight excluding hydrogens is 220 g/mol. The van der Waals surface area contributed by atoms with E-state index >= 15 is 0 Å². The molecule has 0 heterocycles. The molecule has 1 nitrogen and oxygen atoms in total. The first-order valence-corrected chi connectivity index (χ1v) is 6.56. The fourth-order valence-corrected chi connectivity index (χ4v) is 2.25. The largest absolute Gasteiger partial charge is 0.508 e. The zero-order valence-corrected chi connectivity index (χ0v) is 11.1. The predicted octanol–water partition coefficient (Wildman–Crippen LogP) is 4.30. The highest BCUT2D eigenvalue weighted by Gasteiger charge is 2.09. The highest BCUT2D eigenvalue weighted by atomic mass is 16.3. The summed E-state index contributed by atoms with van der Waals surface area (Å²) >= 11 is 0. The molecule has 0 saturated carbocycles. The number of hydrogen-bond acceptors (Lipinski definition) is 1. The Labute approximate surface area is 109 Å². The molecule has 0 aliphatic carbocycles. The molecule has 0 aliphatic rings.